The molecule has 6 nitrogen and oxygen atoms in total. The Morgan fingerprint density at radius 3 is 2.93 bits per heavy atom. The topological polar surface area (TPSA) is 69.0 Å². The molecule has 0 saturated heterocycles. The van der Waals surface area contributed by atoms with Crippen molar-refractivity contribution in [1.82, 2.24) is 20.1 Å². The summed E-state index contributed by atoms with van der Waals surface area (Å²) in [6.07, 6.45) is 9.56. The summed E-state index contributed by atoms with van der Waals surface area (Å²) in [4.78, 5) is 17.9. The summed E-state index contributed by atoms with van der Waals surface area (Å²) in [7, 11) is 1.73. The Labute approximate surface area is 174 Å². The first-order chi connectivity index (χ1) is 14.3. The van der Waals surface area contributed by atoms with Crippen LogP contribution in [0.25, 0.3) is 21.7 Å². The molecule has 3 aromatic rings. The standard InChI is InChI=1S/C22H26N4O2S/c1-28-18-5-2-4-17(14-18)22(27)24-11-12-26-21(20-6-3-13-29-20)19(15-25-26)16-7-9-23-10-8-16/h3,6-10,13,15,17-18H,2,4-5,11-12,14H2,1H3,(H,24,27)/t17-,18-/m0/s1. The molecular formula is C22H26N4O2S. The van der Waals surface area contributed by atoms with E-state index in [9.17, 15) is 4.79 Å². The lowest BCUT2D eigenvalue weighted by molar-refractivity contribution is -0.127. The number of carbonyl (C=O) groups is 1. The van der Waals surface area contributed by atoms with Crippen molar-refractivity contribution in [3.8, 4) is 21.7 Å². The fraction of sp³-hybridized carbons (Fsp3) is 0.409. The van der Waals surface area contributed by atoms with Crippen LogP contribution in [0, 0.1) is 5.92 Å². The molecule has 1 amide bonds. The van der Waals surface area contributed by atoms with Crippen LogP contribution in [-0.2, 0) is 16.1 Å². The van der Waals surface area contributed by atoms with Crippen molar-refractivity contribution in [3.63, 3.8) is 0 Å². The van der Waals surface area contributed by atoms with Crippen molar-refractivity contribution in [2.45, 2.75) is 38.3 Å². The van der Waals surface area contributed by atoms with Gasteiger partial charge in [0.25, 0.3) is 0 Å². The Morgan fingerprint density at radius 1 is 1.31 bits per heavy atom. The molecule has 3 heterocycles. The van der Waals surface area contributed by atoms with E-state index in [1.165, 1.54) is 0 Å². The predicted molar refractivity (Wildman–Crippen MR) is 115 cm³/mol. The number of amides is 1. The average molecular weight is 411 g/mol. The minimum absolute atomic E-state index is 0.0514. The maximum atomic E-state index is 12.6. The maximum Gasteiger partial charge on any atom is 0.223 e. The normalized spacial score (nSPS) is 19.2. The minimum atomic E-state index is 0.0514. The summed E-state index contributed by atoms with van der Waals surface area (Å²) < 4.78 is 7.44. The van der Waals surface area contributed by atoms with Crippen molar-refractivity contribution in [3.05, 3.63) is 48.2 Å². The summed E-state index contributed by atoms with van der Waals surface area (Å²) in [5, 5.41) is 9.79. The molecule has 0 radical (unpaired) electrons. The third-order valence-electron chi connectivity index (χ3n) is 5.54. The van der Waals surface area contributed by atoms with Crippen LogP contribution in [0.1, 0.15) is 25.7 Å². The first kappa shape index (κ1) is 19.8. The number of rotatable bonds is 7. The van der Waals surface area contributed by atoms with Crippen LogP contribution in [0.4, 0.5) is 0 Å². The van der Waals surface area contributed by atoms with E-state index in [0.29, 0.717) is 13.1 Å². The minimum Gasteiger partial charge on any atom is -0.381 e. The number of nitrogens with zero attached hydrogens (tertiary/aromatic N) is 3. The summed E-state index contributed by atoms with van der Waals surface area (Å²) in [5.41, 5.74) is 3.25. The van der Waals surface area contributed by atoms with Crippen molar-refractivity contribution < 1.29 is 9.53 Å². The van der Waals surface area contributed by atoms with Gasteiger partial charge in [0, 0.05) is 37.5 Å². The number of hydrogen-bond acceptors (Lipinski definition) is 5. The van der Waals surface area contributed by atoms with Gasteiger partial charge in [0.15, 0.2) is 0 Å². The Balaban J connectivity index is 1.45. The molecule has 7 heteroatoms. The number of nitrogens with one attached hydrogen (secondary N) is 1. The lowest BCUT2D eigenvalue weighted by atomic mass is 9.86. The molecule has 0 bridgehead atoms. The molecule has 1 fully saturated rings. The summed E-state index contributed by atoms with van der Waals surface area (Å²) >= 11 is 1.69. The first-order valence-corrected chi connectivity index (χ1v) is 10.9. The molecule has 2 atom stereocenters. The van der Waals surface area contributed by atoms with Gasteiger partial charge in [0.2, 0.25) is 5.91 Å². The molecule has 3 aromatic heterocycles. The SMILES string of the molecule is CO[C@H]1CCC[C@H](C(=O)NCCn2ncc(-c3ccncc3)c2-c2cccs2)C1. The Hall–Kier alpha value is -2.51. The van der Waals surface area contributed by atoms with E-state index >= 15 is 0 Å². The van der Waals surface area contributed by atoms with E-state index in [2.05, 4.69) is 26.8 Å². The van der Waals surface area contributed by atoms with Crippen molar-refractivity contribution in [1.29, 1.82) is 0 Å². The van der Waals surface area contributed by atoms with Crippen LogP contribution >= 0.6 is 11.3 Å². The zero-order valence-electron chi connectivity index (χ0n) is 16.6. The Bertz CT molecular complexity index is 924. The second-order valence-electron chi connectivity index (χ2n) is 7.36. The number of methoxy groups -OCH3 is 1. The van der Waals surface area contributed by atoms with Gasteiger partial charge >= 0.3 is 0 Å². The van der Waals surface area contributed by atoms with Gasteiger partial charge in [0.05, 0.1) is 29.4 Å². The highest BCUT2D eigenvalue weighted by molar-refractivity contribution is 7.13. The Morgan fingerprint density at radius 2 is 2.17 bits per heavy atom. The molecule has 29 heavy (non-hydrogen) atoms. The van der Waals surface area contributed by atoms with Gasteiger partial charge in [-0.25, -0.2) is 0 Å². The van der Waals surface area contributed by atoms with Crippen LogP contribution in [-0.4, -0.2) is 40.4 Å². The van der Waals surface area contributed by atoms with Gasteiger partial charge < -0.3 is 10.1 Å². The van der Waals surface area contributed by atoms with E-state index in [1.54, 1.807) is 30.8 Å². The molecule has 0 unspecified atom stereocenters. The van der Waals surface area contributed by atoms with E-state index < -0.39 is 0 Å². The third kappa shape index (κ3) is 4.57. The van der Waals surface area contributed by atoms with Gasteiger partial charge in [-0.2, -0.15) is 5.10 Å². The fourth-order valence-electron chi connectivity index (χ4n) is 4.00. The first-order valence-electron chi connectivity index (χ1n) is 10.1. The number of ether oxygens (including phenoxy) is 1. The maximum absolute atomic E-state index is 12.6. The molecule has 152 valence electrons. The second-order valence-corrected chi connectivity index (χ2v) is 8.30. The average Bonchev–Trinajstić information content (AvgIpc) is 3.44. The molecule has 1 N–H and O–H groups in total. The molecule has 1 aliphatic rings. The van der Waals surface area contributed by atoms with Crippen molar-refractivity contribution >= 4 is 17.2 Å². The van der Waals surface area contributed by atoms with Crippen molar-refractivity contribution in [2.75, 3.05) is 13.7 Å². The van der Waals surface area contributed by atoms with E-state index in [4.69, 9.17) is 4.74 Å². The molecule has 0 aromatic carbocycles. The van der Waals surface area contributed by atoms with E-state index in [1.807, 2.05) is 29.1 Å². The lowest BCUT2D eigenvalue weighted by Gasteiger charge is -2.27. The van der Waals surface area contributed by atoms with Gasteiger partial charge in [-0.05, 0) is 48.4 Å². The number of carbonyl (C=O) groups excluding carboxylic acids is 1. The number of hydrogen-bond donors (Lipinski definition) is 1. The van der Waals surface area contributed by atoms with E-state index in [-0.39, 0.29) is 17.9 Å². The van der Waals surface area contributed by atoms with Gasteiger partial charge in [-0.1, -0.05) is 12.5 Å². The summed E-state index contributed by atoms with van der Waals surface area (Å²) in [5.74, 6) is 0.182. The number of thiophene rings is 1. The molecule has 0 aliphatic heterocycles. The molecular weight excluding hydrogens is 384 g/mol. The van der Waals surface area contributed by atoms with Crippen LogP contribution in [0.5, 0.6) is 0 Å². The molecule has 1 aliphatic carbocycles. The van der Waals surface area contributed by atoms with Gasteiger partial charge in [-0.3, -0.25) is 14.5 Å². The van der Waals surface area contributed by atoms with Crippen LogP contribution in [0.3, 0.4) is 0 Å². The third-order valence-corrected chi connectivity index (χ3v) is 6.41. The Kier molecular flexibility index (Phi) is 6.36. The highest BCUT2D eigenvalue weighted by Gasteiger charge is 2.27. The smallest absolute Gasteiger partial charge is 0.223 e. The fourth-order valence-corrected chi connectivity index (χ4v) is 4.79. The zero-order chi connectivity index (χ0) is 20.1. The summed E-state index contributed by atoms with van der Waals surface area (Å²) in [6.45, 7) is 1.19. The molecule has 0 spiro atoms. The van der Waals surface area contributed by atoms with E-state index in [0.717, 1.165) is 47.4 Å². The summed E-state index contributed by atoms with van der Waals surface area (Å²) in [6, 6.07) is 8.14. The quantitative estimate of drug-likeness (QED) is 0.639. The van der Waals surface area contributed by atoms with Crippen LogP contribution < -0.4 is 5.32 Å². The largest absolute Gasteiger partial charge is 0.381 e. The number of pyridine rings is 1. The zero-order valence-corrected chi connectivity index (χ0v) is 17.4. The van der Waals surface area contributed by atoms with Crippen LogP contribution in [0.2, 0.25) is 0 Å². The second kappa shape index (κ2) is 9.33. The highest BCUT2D eigenvalue weighted by Crippen LogP contribution is 2.34. The monoisotopic (exact) mass is 410 g/mol. The molecule has 4 rings (SSSR count). The van der Waals surface area contributed by atoms with Gasteiger partial charge in [-0.15, -0.1) is 11.3 Å². The van der Waals surface area contributed by atoms with Crippen LogP contribution in [0.15, 0.2) is 48.2 Å². The number of aromatic nitrogens is 3. The van der Waals surface area contributed by atoms with Gasteiger partial charge in [0.1, 0.15) is 0 Å². The lowest BCUT2D eigenvalue weighted by Crippen LogP contribution is -2.37. The predicted octanol–water partition coefficient (Wildman–Crippen LogP) is 4.00. The van der Waals surface area contributed by atoms with Crippen molar-refractivity contribution in [2.24, 2.45) is 5.92 Å². The highest BCUT2D eigenvalue weighted by atomic mass is 32.1. The molecule has 1 saturated carbocycles.